The van der Waals surface area contributed by atoms with Gasteiger partial charge in [0.2, 0.25) is 0 Å². The third-order valence-electron chi connectivity index (χ3n) is 5.32. The molecule has 0 aliphatic rings. The predicted molar refractivity (Wildman–Crippen MR) is 136 cm³/mol. The van der Waals surface area contributed by atoms with Crippen molar-refractivity contribution < 1.29 is 22.0 Å². The van der Waals surface area contributed by atoms with E-state index in [2.05, 4.69) is 20.4 Å². The maximum Gasteiger partial charge on any atom is 0.340 e. The molecule has 0 spiro atoms. The molecule has 1 radical (unpaired) electrons. The van der Waals surface area contributed by atoms with E-state index < -0.39 is 27.5 Å². The molecule has 0 bridgehead atoms. The number of hydrogen-bond acceptors (Lipinski definition) is 9. The summed E-state index contributed by atoms with van der Waals surface area (Å²) in [5.41, 5.74) is 3.69. The Morgan fingerprint density at radius 1 is 1.11 bits per heavy atom. The summed E-state index contributed by atoms with van der Waals surface area (Å²) in [5.74, 6) is -0.971. The van der Waals surface area contributed by atoms with Crippen LogP contribution in [0, 0.1) is 12.7 Å². The molecule has 3 aromatic heterocycles. The Bertz CT molecular complexity index is 1580. The van der Waals surface area contributed by atoms with E-state index in [1.54, 1.807) is 24.5 Å². The maximum atomic E-state index is 15.1. The quantitative estimate of drug-likeness (QED) is 0.166. The first-order chi connectivity index (χ1) is 17.2. The number of hydrazine groups is 1. The molecule has 3 N–H and O–H groups in total. The van der Waals surface area contributed by atoms with Gasteiger partial charge in [-0.1, -0.05) is 6.92 Å². The van der Waals surface area contributed by atoms with Crippen LogP contribution in [0.4, 0.5) is 10.2 Å². The van der Waals surface area contributed by atoms with Crippen molar-refractivity contribution in [3.8, 4) is 11.8 Å². The third-order valence-corrected chi connectivity index (χ3v) is 6.25. The fourth-order valence-corrected chi connectivity index (χ4v) is 4.45. The number of aryl methyl sites for hydroxylation is 2. The number of anilines is 1. The fraction of sp³-hybridized carbons (Fsp3) is 0.217. The van der Waals surface area contributed by atoms with Gasteiger partial charge in [0.1, 0.15) is 11.3 Å². The van der Waals surface area contributed by atoms with Crippen molar-refractivity contribution in [3.63, 3.8) is 0 Å². The van der Waals surface area contributed by atoms with Crippen LogP contribution in [-0.2, 0) is 23.1 Å². The Hall–Kier alpha value is -2.94. The molecule has 0 unspecified atom stereocenters. The Morgan fingerprint density at radius 3 is 2.51 bits per heavy atom. The summed E-state index contributed by atoms with van der Waals surface area (Å²) in [7, 11) is -2.75. The monoisotopic (exact) mass is 537 g/mol. The topological polar surface area (TPSA) is 148 Å². The van der Waals surface area contributed by atoms with E-state index in [-0.39, 0.29) is 53.1 Å². The third kappa shape index (κ3) is 6.50. The maximum absolute atomic E-state index is 15.1. The Labute approximate surface area is 234 Å². The van der Waals surface area contributed by atoms with Gasteiger partial charge in [0.05, 0.1) is 0 Å². The van der Waals surface area contributed by atoms with Crippen LogP contribution in [0.2, 0.25) is 0 Å². The average molecular weight is 538 g/mol. The first-order valence-electron chi connectivity index (χ1n) is 10.9. The van der Waals surface area contributed by atoms with Crippen molar-refractivity contribution in [3.05, 3.63) is 81.3 Å². The van der Waals surface area contributed by atoms with Crippen molar-refractivity contribution in [2.45, 2.75) is 26.7 Å². The number of rotatable bonds is 9. The minimum absolute atomic E-state index is 0. The molecule has 37 heavy (non-hydrogen) atoms. The number of nitrogens with zero attached hydrogens (tertiary/aromatic N) is 3. The minimum atomic E-state index is -4.09. The number of aromatic nitrogens is 3. The second kappa shape index (κ2) is 12.1. The van der Waals surface area contributed by atoms with E-state index in [0.29, 0.717) is 28.7 Å². The molecule has 4 aromatic rings. The van der Waals surface area contributed by atoms with Crippen LogP contribution >= 0.6 is 0 Å². The van der Waals surface area contributed by atoms with E-state index in [1.807, 2.05) is 29.5 Å². The van der Waals surface area contributed by atoms with Gasteiger partial charge >= 0.3 is 21.8 Å². The number of halogens is 1. The summed E-state index contributed by atoms with van der Waals surface area (Å²) < 4.78 is 52.3. The van der Waals surface area contributed by atoms with E-state index in [4.69, 9.17) is 9.15 Å². The molecule has 189 valence electrons. The molecule has 14 heteroatoms. The standard InChI is InChI=1S/C23H23FN6O5S.Na/c1-4-15-16-10-13(2)18(35-23-27-7-5-8-28-23)12-19(16)34-22(31)17(15)11-14-6-9-26-21(20(14)24)29-36(32,33)30-25-3;/h5-10,12,25,30H,4,11H2,1-3H3,(H,26,29);. The molecule has 1 aromatic carbocycles. The van der Waals surface area contributed by atoms with Gasteiger partial charge in [-0.2, -0.15) is 8.42 Å². The van der Waals surface area contributed by atoms with Crippen LogP contribution in [0.1, 0.15) is 29.2 Å². The largest absolute Gasteiger partial charge is 0.424 e. The van der Waals surface area contributed by atoms with Gasteiger partial charge in [0.15, 0.2) is 11.6 Å². The van der Waals surface area contributed by atoms with E-state index in [0.717, 1.165) is 5.56 Å². The van der Waals surface area contributed by atoms with Crippen molar-refractivity contribution in [2.24, 2.45) is 0 Å². The Morgan fingerprint density at radius 2 is 1.84 bits per heavy atom. The van der Waals surface area contributed by atoms with Crippen LogP contribution in [0.25, 0.3) is 11.0 Å². The first-order valence-corrected chi connectivity index (χ1v) is 12.3. The minimum Gasteiger partial charge on any atom is -0.424 e. The smallest absolute Gasteiger partial charge is 0.340 e. The summed E-state index contributed by atoms with van der Waals surface area (Å²) in [5, 5.41) is 0.680. The second-order valence-corrected chi connectivity index (χ2v) is 9.13. The molecule has 0 fully saturated rings. The van der Waals surface area contributed by atoms with Crippen molar-refractivity contribution in [1.29, 1.82) is 0 Å². The summed E-state index contributed by atoms with van der Waals surface area (Å²) in [6, 6.07) is 6.62. The van der Waals surface area contributed by atoms with E-state index in [1.165, 1.54) is 19.3 Å². The zero-order chi connectivity index (χ0) is 25.9. The van der Waals surface area contributed by atoms with Gasteiger partial charge < -0.3 is 9.15 Å². The van der Waals surface area contributed by atoms with Crippen LogP contribution in [0.5, 0.6) is 11.8 Å². The molecule has 0 saturated heterocycles. The molecule has 0 atom stereocenters. The van der Waals surface area contributed by atoms with Crippen LogP contribution in [0.15, 0.2) is 52.1 Å². The Balaban J connectivity index is 0.00000380. The molecule has 0 aliphatic heterocycles. The predicted octanol–water partition coefficient (Wildman–Crippen LogP) is 2.37. The number of fused-ring (bicyclic) bond motifs is 1. The van der Waals surface area contributed by atoms with Gasteiger partial charge in [-0.25, -0.2) is 29.6 Å². The SMILES string of the molecule is CCc1c(Cc2ccnc(NS(=O)(=O)NNC)c2F)c(=O)oc2cc(Oc3ncccn3)c(C)cc12.[Na]. The van der Waals surface area contributed by atoms with Crippen molar-refractivity contribution >= 4 is 56.6 Å². The first kappa shape index (κ1) is 28.6. The van der Waals surface area contributed by atoms with Crippen LogP contribution < -0.4 is 25.3 Å². The van der Waals surface area contributed by atoms with Crippen molar-refractivity contribution in [1.82, 2.24) is 25.2 Å². The number of nitrogens with one attached hydrogen (secondary N) is 3. The summed E-state index contributed by atoms with van der Waals surface area (Å²) >= 11 is 0. The molecule has 4 rings (SSSR count). The summed E-state index contributed by atoms with van der Waals surface area (Å²) in [6.45, 7) is 3.71. The number of benzene rings is 1. The van der Waals surface area contributed by atoms with Gasteiger partial charge in [-0.05, 0) is 55.3 Å². The number of hydrogen-bond donors (Lipinski definition) is 3. The van der Waals surface area contributed by atoms with Crippen LogP contribution in [0.3, 0.4) is 0 Å². The van der Waals surface area contributed by atoms with Gasteiger partial charge in [0.25, 0.3) is 0 Å². The number of pyridine rings is 1. The number of ether oxygens (including phenoxy) is 1. The molecule has 0 amide bonds. The molecule has 11 nitrogen and oxygen atoms in total. The molecular weight excluding hydrogens is 514 g/mol. The molecule has 3 heterocycles. The van der Waals surface area contributed by atoms with Gasteiger partial charge in [-0.3, -0.25) is 4.72 Å². The summed E-state index contributed by atoms with van der Waals surface area (Å²) in [4.78, 5) is 26.8. The fourth-order valence-electron chi connectivity index (χ4n) is 3.74. The van der Waals surface area contributed by atoms with E-state index in [9.17, 15) is 13.2 Å². The molecular formula is C23H23FN6NaO5S. The normalized spacial score (nSPS) is 11.2. The van der Waals surface area contributed by atoms with Gasteiger partial charge in [-0.15, -0.1) is 4.83 Å². The van der Waals surface area contributed by atoms with Crippen LogP contribution in [-0.4, -0.2) is 60.0 Å². The molecule has 0 aliphatic carbocycles. The van der Waals surface area contributed by atoms with Crippen molar-refractivity contribution in [2.75, 3.05) is 11.8 Å². The second-order valence-electron chi connectivity index (χ2n) is 7.71. The van der Waals surface area contributed by atoms with Gasteiger partial charge in [0, 0.05) is 71.6 Å². The zero-order valence-electron chi connectivity index (χ0n) is 20.6. The average Bonchev–Trinajstić information content (AvgIpc) is 2.83. The van der Waals surface area contributed by atoms with E-state index >= 15 is 4.39 Å². The summed E-state index contributed by atoms with van der Waals surface area (Å²) in [6.07, 6.45) is 4.69. The molecule has 0 saturated carbocycles. The Kier molecular flexibility index (Phi) is 9.34. The zero-order valence-corrected chi connectivity index (χ0v) is 23.4.